The van der Waals surface area contributed by atoms with Gasteiger partial charge in [0.05, 0.1) is 17.6 Å². The van der Waals surface area contributed by atoms with E-state index in [1.165, 1.54) is 18.2 Å². The lowest BCUT2D eigenvalue weighted by molar-refractivity contribution is -0.185. The number of benzene rings is 2. The van der Waals surface area contributed by atoms with E-state index in [2.05, 4.69) is 0 Å². The number of primary amides is 1. The van der Waals surface area contributed by atoms with Crippen LogP contribution in [-0.4, -0.2) is 56.1 Å². The molecule has 184 valence electrons. The molecule has 0 radical (unpaired) electrons. The molecule has 5 rings (SSSR count). The average Bonchev–Trinajstić information content (AvgIpc) is 2.82. The van der Waals surface area contributed by atoms with Crippen LogP contribution in [0.3, 0.4) is 0 Å². The molecule has 36 heavy (non-hydrogen) atoms. The van der Waals surface area contributed by atoms with E-state index < -0.39 is 76.6 Å². The number of fused-ring (bicyclic) bond motifs is 3. The third kappa shape index (κ3) is 3.13. The predicted octanol–water partition coefficient (Wildman–Crippen LogP) is 0.949. The van der Waals surface area contributed by atoms with Gasteiger partial charge in [-0.25, -0.2) is 0 Å². The van der Waals surface area contributed by atoms with Crippen LogP contribution < -0.4 is 5.73 Å². The molecule has 2 fully saturated rings. The number of aromatic hydroxyl groups is 1. The average molecular weight is 510 g/mol. The third-order valence-electron chi connectivity index (χ3n) is 7.46. The first-order valence-electron chi connectivity index (χ1n) is 11.1. The van der Waals surface area contributed by atoms with Gasteiger partial charge in [0.15, 0.2) is 34.7 Å². The summed E-state index contributed by atoms with van der Waals surface area (Å²) in [6, 6.07) is 11.0. The monoisotopic (exact) mass is 509 g/mol. The summed E-state index contributed by atoms with van der Waals surface area (Å²) in [6.07, 6.45) is -0.830. The predicted molar refractivity (Wildman–Crippen MR) is 126 cm³/mol. The minimum Gasteiger partial charge on any atom is -0.507 e. The van der Waals surface area contributed by atoms with E-state index in [4.69, 9.17) is 17.3 Å². The molecule has 2 aromatic carbocycles. The van der Waals surface area contributed by atoms with Crippen molar-refractivity contribution in [2.75, 3.05) is 0 Å². The van der Waals surface area contributed by atoms with Crippen LogP contribution in [-0.2, 0) is 19.2 Å². The molecule has 5 N–H and O–H groups in total. The summed E-state index contributed by atoms with van der Waals surface area (Å²) in [4.78, 5) is 64.8. The Morgan fingerprint density at radius 2 is 1.75 bits per heavy atom. The second-order valence-electron chi connectivity index (χ2n) is 9.29. The molecule has 6 atom stereocenters. The number of carbonyl (C=O) groups is 5. The van der Waals surface area contributed by atoms with Crippen molar-refractivity contribution in [3.05, 3.63) is 64.2 Å². The number of halogens is 1. The number of hydrogen-bond donors (Lipinski definition) is 4. The van der Waals surface area contributed by atoms with Gasteiger partial charge in [0.25, 0.3) is 0 Å². The van der Waals surface area contributed by atoms with Crippen LogP contribution in [0.1, 0.15) is 27.9 Å². The van der Waals surface area contributed by atoms with Crippen LogP contribution >= 0.6 is 11.6 Å². The largest absolute Gasteiger partial charge is 0.507 e. The number of carbonyl (C=O) groups excluding carboxylic acids is 5. The number of aliphatic hydroxyl groups excluding tert-OH is 1. The summed E-state index contributed by atoms with van der Waals surface area (Å²) >= 11 is 6.32. The van der Waals surface area contributed by atoms with Crippen LogP contribution in [0.5, 0.6) is 5.75 Å². The van der Waals surface area contributed by atoms with Crippen LogP contribution in [0.25, 0.3) is 11.6 Å². The Balaban J connectivity index is 1.76. The van der Waals surface area contributed by atoms with Gasteiger partial charge >= 0.3 is 0 Å². The van der Waals surface area contributed by atoms with Crippen molar-refractivity contribution in [1.29, 1.82) is 0 Å². The summed E-state index contributed by atoms with van der Waals surface area (Å²) in [5, 5.41) is 33.7. The highest BCUT2D eigenvalue weighted by molar-refractivity contribution is 6.33. The van der Waals surface area contributed by atoms with Crippen molar-refractivity contribution in [3.8, 4) is 5.75 Å². The molecule has 0 saturated heterocycles. The van der Waals surface area contributed by atoms with Crippen molar-refractivity contribution in [2.45, 2.75) is 18.1 Å². The summed E-state index contributed by atoms with van der Waals surface area (Å²) in [7, 11) is 0. The van der Waals surface area contributed by atoms with Gasteiger partial charge in [-0.05, 0) is 34.9 Å². The zero-order valence-electron chi connectivity index (χ0n) is 18.6. The van der Waals surface area contributed by atoms with E-state index in [-0.39, 0.29) is 16.7 Å². The molecular formula is C26H20ClNO8. The summed E-state index contributed by atoms with van der Waals surface area (Å²) in [6.45, 7) is 0. The van der Waals surface area contributed by atoms with Gasteiger partial charge in [0.1, 0.15) is 5.75 Å². The number of phenols is 1. The smallest absolute Gasteiger partial charge is 0.235 e. The number of nitrogens with two attached hydrogens (primary N) is 1. The Morgan fingerprint density at radius 1 is 1.06 bits per heavy atom. The number of rotatable bonds is 2. The number of Topliss-reactive ketones (excluding diaryl/α,β-unsaturated/α-hetero) is 4. The first-order chi connectivity index (χ1) is 17.0. The van der Waals surface area contributed by atoms with Gasteiger partial charge in [0.2, 0.25) is 5.91 Å². The Hall–Kier alpha value is -3.66. The molecule has 0 bridgehead atoms. The lowest BCUT2D eigenvalue weighted by Crippen LogP contribution is -2.72. The maximum atomic E-state index is 13.7. The van der Waals surface area contributed by atoms with Gasteiger partial charge in [0, 0.05) is 23.3 Å². The Bertz CT molecular complexity index is 1410. The fourth-order valence-corrected chi connectivity index (χ4v) is 5.98. The highest BCUT2D eigenvalue weighted by Crippen LogP contribution is 2.54. The SMILES string of the molecule is NC(=O)C1C(=O)CC2C(O)C3C(=Cc4ccccc4Cl)c4cccc(O)c4C(=O)C3C(=O)C2(O)C1=O. The molecule has 0 spiro atoms. The number of aliphatic hydroxyl groups is 2. The van der Waals surface area contributed by atoms with Crippen LogP contribution in [0.15, 0.2) is 42.5 Å². The standard InChI is InChI=1S/C26H20ClNO8/c27-14-6-2-1-4-10(14)8-12-11-5-3-7-15(29)17(11)22(32)20-18(12)21(31)13-9-16(30)19(25(28)35)23(33)26(13,36)24(20)34/h1-8,13,18-21,29,31,36H,9H2,(H2,28,35). The van der Waals surface area contributed by atoms with Crippen molar-refractivity contribution >= 4 is 52.3 Å². The maximum Gasteiger partial charge on any atom is 0.235 e. The topological polar surface area (TPSA) is 172 Å². The number of amides is 1. The van der Waals surface area contributed by atoms with Crippen LogP contribution in [0.4, 0.5) is 0 Å². The van der Waals surface area contributed by atoms with Crippen LogP contribution in [0, 0.1) is 23.7 Å². The molecule has 3 aliphatic carbocycles. The minimum atomic E-state index is -2.98. The van der Waals surface area contributed by atoms with Crippen molar-refractivity contribution in [2.24, 2.45) is 29.4 Å². The van der Waals surface area contributed by atoms with Crippen molar-refractivity contribution < 1.29 is 39.3 Å². The molecule has 6 unspecified atom stereocenters. The maximum absolute atomic E-state index is 13.7. The zero-order chi connectivity index (χ0) is 26.1. The molecule has 3 aliphatic rings. The highest BCUT2D eigenvalue weighted by atomic mass is 35.5. The number of phenolic OH excluding ortho intramolecular Hbond substituents is 1. The van der Waals surface area contributed by atoms with Gasteiger partial charge in [-0.3, -0.25) is 24.0 Å². The normalized spacial score (nSPS) is 32.6. The second kappa shape index (κ2) is 8.19. The van der Waals surface area contributed by atoms with E-state index in [0.29, 0.717) is 10.6 Å². The lowest BCUT2D eigenvalue weighted by Gasteiger charge is -2.51. The molecule has 10 heteroatoms. The summed E-state index contributed by atoms with van der Waals surface area (Å²) in [5.74, 6) is -13.0. The van der Waals surface area contributed by atoms with Crippen molar-refractivity contribution in [1.82, 2.24) is 0 Å². The minimum absolute atomic E-state index is 0.217. The first-order valence-corrected chi connectivity index (χ1v) is 11.5. The summed E-state index contributed by atoms with van der Waals surface area (Å²) in [5.41, 5.74) is 2.97. The number of hydrogen-bond acceptors (Lipinski definition) is 8. The van der Waals surface area contributed by atoms with Gasteiger partial charge in [-0.1, -0.05) is 41.9 Å². The molecule has 9 nitrogen and oxygen atoms in total. The molecular weight excluding hydrogens is 490 g/mol. The van der Waals surface area contributed by atoms with E-state index in [1.807, 2.05) is 0 Å². The zero-order valence-corrected chi connectivity index (χ0v) is 19.3. The van der Waals surface area contributed by atoms with E-state index in [9.17, 15) is 39.3 Å². The van der Waals surface area contributed by atoms with E-state index in [1.54, 1.807) is 30.3 Å². The lowest BCUT2D eigenvalue weighted by atomic mass is 9.51. The third-order valence-corrected chi connectivity index (χ3v) is 7.80. The second-order valence-corrected chi connectivity index (χ2v) is 9.69. The van der Waals surface area contributed by atoms with E-state index in [0.717, 1.165) is 0 Å². The molecule has 0 aliphatic heterocycles. The number of ketones is 4. The Labute approximate surface area is 209 Å². The molecule has 1 amide bonds. The molecule has 2 saturated carbocycles. The summed E-state index contributed by atoms with van der Waals surface area (Å²) < 4.78 is 0. The fourth-order valence-electron chi connectivity index (χ4n) is 5.79. The van der Waals surface area contributed by atoms with Gasteiger partial charge < -0.3 is 21.1 Å². The Morgan fingerprint density at radius 3 is 2.42 bits per heavy atom. The Kier molecular flexibility index (Phi) is 5.47. The molecule has 0 aromatic heterocycles. The fraction of sp³-hybridized carbons (Fsp3) is 0.269. The molecule has 0 heterocycles. The van der Waals surface area contributed by atoms with Gasteiger partial charge in [-0.2, -0.15) is 0 Å². The van der Waals surface area contributed by atoms with Crippen LogP contribution in [0.2, 0.25) is 5.02 Å². The first kappa shape index (κ1) is 24.1. The molecule has 2 aromatic rings. The highest BCUT2D eigenvalue weighted by Gasteiger charge is 2.69. The quantitative estimate of drug-likeness (QED) is 0.433. The van der Waals surface area contributed by atoms with E-state index >= 15 is 0 Å². The van der Waals surface area contributed by atoms with Gasteiger partial charge in [-0.15, -0.1) is 0 Å². The van der Waals surface area contributed by atoms with Crippen molar-refractivity contribution in [3.63, 3.8) is 0 Å².